The summed E-state index contributed by atoms with van der Waals surface area (Å²) in [6, 6.07) is 14.2. The predicted molar refractivity (Wildman–Crippen MR) is 115 cm³/mol. The summed E-state index contributed by atoms with van der Waals surface area (Å²) in [5, 5.41) is 1.57. The van der Waals surface area contributed by atoms with Crippen molar-refractivity contribution in [2.45, 2.75) is 19.9 Å². The summed E-state index contributed by atoms with van der Waals surface area (Å²) in [6.07, 6.45) is 3.02. The van der Waals surface area contributed by atoms with Crippen molar-refractivity contribution in [2.24, 2.45) is 0 Å². The van der Waals surface area contributed by atoms with Gasteiger partial charge in [-0.05, 0) is 58.3 Å². The third kappa shape index (κ3) is 3.53. The van der Waals surface area contributed by atoms with E-state index >= 15 is 0 Å². The lowest BCUT2D eigenvalue weighted by atomic mass is 10.1. The van der Waals surface area contributed by atoms with E-state index in [4.69, 9.17) is 4.98 Å². The number of fused-ring (bicyclic) bond motifs is 2. The SMILES string of the molecule is Cc1ccc2c(c1)c(=O)c(-c1nc3ccccc3s1)cn2CCCN(C)C. The summed E-state index contributed by atoms with van der Waals surface area (Å²) in [6.45, 7) is 3.91. The zero-order chi connectivity index (χ0) is 19.0. The molecule has 0 atom stereocenters. The zero-order valence-corrected chi connectivity index (χ0v) is 16.7. The van der Waals surface area contributed by atoms with Gasteiger partial charge in [-0.1, -0.05) is 23.8 Å². The highest BCUT2D eigenvalue weighted by Crippen LogP contribution is 2.29. The van der Waals surface area contributed by atoms with E-state index in [1.165, 1.54) is 0 Å². The predicted octanol–water partition coefficient (Wildman–Crippen LogP) is 4.54. The van der Waals surface area contributed by atoms with Gasteiger partial charge in [-0.3, -0.25) is 4.79 Å². The zero-order valence-electron chi connectivity index (χ0n) is 15.9. The number of aromatic nitrogens is 2. The molecule has 0 spiro atoms. The molecule has 0 N–H and O–H groups in total. The number of thiazole rings is 1. The first-order valence-corrected chi connectivity index (χ1v) is 9.99. The van der Waals surface area contributed by atoms with Gasteiger partial charge in [-0.15, -0.1) is 11.3 Å². The molecule has 2 aromatic carbocycles. The number of nitrogens with zero attached hydrogens (tertiary/aromatic N) is 3. The molecule has 0 fully saturated rings. The van der Waals surface area contributed by atoms with E-state index in [0.29, 0.717) is 5.56 Å². The van der Waals surface area contributed by atoms with E-state index in [1.807, 2.05) is 37.4 Å². The Morgan fingerprint density at radius 3 is 2.74 bits per heavy atom. The molecule has 4 aromatic rings. The average molecular weight is 378 g/mol. The fourth-order valence-corrected chi connectivity index (χ4v) is 4.37. The molecular weight excluding hydrogens is 354 g/mol. The molecule has 2 heterocycles. The first-order valence-electron chi connectivity index (χ1n) is 9.17. The second kappa shape index (κ2) is 7.25. The molecule has 4 nitrogen and oxygen atoms in total. The van der Waals surface area contributed by atoms with Crippen molar-refractivity contribution in [3.63, 3.8) is 0 Å². The van der Waals surface area contributed by atoms with Crippen LogP contribution in [0.5, 0.6) is 0 Å². The van der Waals surface area contributed by atoms with Gasteiger partial charge >= 0.3 is 0 Å². The largest absolute Gasteiger partial charge is 0.346 e. The van der Waals surface area contributed by atoms with Crippen molar-refractivity contribution in [3.8, 4) is 10.6 Å². The molecule has 0 saturated heterocycles. The van der Waals surface area contributed by atoms with Crippen molar-refractivity contribution < 1.29 is 0 Å². The summed E-state index contributed by atoms with van der Waals surface area (Å²) in [7, 11) is 4.17. The Kier molecular flexibility index (Phi) is 4.81. The van der Waals surface area contributed by atoms with Crippen LogP contribution in [-0.2, 0) is 6.54 Å². The minimum absolute atomic E-state index is 0.0663. The molecule has 0 unspecified atom stereocenters. The molecule has 5 heteroatoms. The van der Waals surface area contributed by atoms with Crippen LogP contribution in [0.2, 0.25) is 0 Å². The number of benzene rings is 2. The topological polar surface area (TPSA) is 38.1 Å². The first-order chi connectivity index (χ1) is 13.0. The quantitative estimate of drug-likeness (QED) is 0.512. The normalized spacial score (nSPS) is 11.7. The molecule has 4 rings (SSSR count). The smallest absolute Gasteiger partial charge is 0.199 e. The molecule has 0 aliphatic heterocycles. The number of hydrogen-bond donors (Lipinski definition) is 0. The van der Waals surface area contributed by atoms with Crippen LogP contribution < -0.4 is 5.43 Å². The van der Waals surface area contributed by atoms with Gasteiger partial charge in [-0.25, -0.2) is 4.98 Å². The van der Waals surface area contributed by atoms with Crippen LogP contribution in [0.15, 0.2) is 53.5 Å². The third-order valence-corrected chi connectivity index (χ3v) is 5.83. The van der Waals surface area contributed by atoms with Crippen molar-refractivity contribution in [2.75, 3.05) is 20.6 Å². The van der Waals surface area contributed by atoms with Gasteiger partial charge in [0.05, 0.1) is 21.3 Å². The Balaban J connectivity index is 1.89. The Morgan fingerprint density at radius 2 is 1.96 bits per heavy atom. The van der Waals surface area contributed by atoms with E-state index in [1.54, 1.807) is 11.3 Å². The Labute approximate surface area is 162 Å². The molecule has 27 heavy (non-hydrogen) atoms. The summed E-state index contributed by atoms with van der Waals surface area (Å²) >= 11 is 1.58. The molecule has 0 saturated carbocycles. The number of aryl methyl sites for hydroxylation is 2. The van der Waals surface area contributed by atoms with Gasteiger partial charge in [0, 0.05) is 18.1 Å². The van der Waals surface area contributed by atoms with Crippen molar-refractivity contribution >= 4 is 32.5 Å². The van der Waals surface area contributed by atoms with Crippen LogP contribution in [0, 0.1) is 6.92 Å². The van der Waals surface area contributed by atoms with Crippen LogP contribution in [0.4, 0.5) is 0 Å². The highest BCUT2D eigenvalue weighted by atomic mass is 32.1. The Hall–Kier alpha value is -2.50. The molecule has 0 bridgehead atoms. The van der Waals surface area contributed by atoms with Crippen molar-refractivity contribution in [1.29, 1.82) is 0 Å². The number of hydrogen-bond acceptors (Lipinski definition) is 4. The Morgan fingerprint density at radius 1 is 1.15 bits per heavy atom. The van der Waals surface area contributed by atoms with E-state index in [0.717, 1.165) is 51.2 Å². The summed E-state index contributed by atoms with van der Waals surface area (Å²) in [5.74, 6) is 0. The average Bonchev–Trinajstić information content (AvgIpc) is 3.07. The van der Waals surface area contributed by atoms with Crippen molar-refractivity contribution in [1.82, 2.24) is 14.5 Å². The van der Waals surface area contributed by atoms with Crippen molar-refractivity contribution in [3.05, 3.63) is 64.4 Å². The number of para-hydroxylation sites is 1. The van der Waals surface area contributed by atoms with Gasteiger partial charge in [0.15, 0.2) is 5.43 Å². The summed E-state index contributed by atoms with van der Waals surface area (Å²) in [5.41, 5.74) is 3.80. The molecule has 0 amide bonds. The fraction of sp³-hybridized carbons (Fsp3) is 0.273. The van der Waals surface area contributed by atoms with Crippen LogP contribution in [-0.4, -0.2) is 35.1 Å². The lowest BCUT2D eigenvalue weighted by Crippen LogP contribution is -2.17. The highest BCUT2D eigenvalue weighted by molar-refractivity contribution is 7.21. The highest BCUT2D eigenvalue weighted by Gasteiger charge is 2.14. The molecule has 138 valence electrons. The van der Waals surface area contributed by atoms with Crippen LogP contribution in [0.1, 0.15) is 12.0 Å². The number of rotatable bonds is 5. The minimum atomic E-state index is 0.0663. The third-order valence-electron chi connectivity index (χ3n) is 4.76. The van der Waals surface area contributed by atoms with E-state index < -0.39 is 0 Å². The second-order valence-electron chi connectivity index (χ2n) is 7.23. The molecular formula is C22H23N3OS. The maximum Gasteiger partial charge on any atom is 0.199 e. The first kappa shape index (κ1) is 17.9. The van der Waals surface area contributed by atoms with Gasteiger partial charge in [0.2, 0.25) is 0 Å². The fourth-order valence-electron chi connectivity index (χ4n) is 3.39. The van der Waals surface area contributed by atoms with Gasteiger partial charge in [0.1, 0.15) is 5.01 Å². The molecule has 0 aliphatic carbocycles. The monoisotopic (exact) mass is 377 g/mol. The standard InChI is InChI=1S/C22H23N3OS/c1-15-9-10-19-16(13-15)21(26)17(14-25(19)12-6-11-24(2)3)22-23-18-7-4-5-8-20(18)27-22/h4-5,7-10,13-14H,6,11-12H2,1-3H3. The van der Waals surface area contributed by atoms with Gasteiger partial charge in [0.25, 0.3) is 0 Å². The van der Waals surface area contributed by atoms with Gasteiger partial charge < -0.3 is 9.47 Å². The van der Waals surface area contributed by atoms with E-state index in [2.05, 4.69) is 41.8 Å². The molecule has 0 aliphatic rings. The Bertz CT molecular complexity index is 1140. The van der Waals surface area contributed by atoms with Crippen LogP contribution in [0.3, 0.4) is 0 Å². The summed E-state index contributed by atoms with van der Waals surface area (Å²) in [4.78, 5) is 20.1. The minimum Gasteiger partial charge on any atom is -0.346 e. The maximum atomic E-state index is 13.2. The summed E-state index contributed by atoms with van der Waals surface area (Å²) < 4.78 is 3.32. The number of pyridine rings is 1. The second-order valence-corrected chi connectivity index (χ2v) is 8.26. The van der Waals surface area contributed by atoms with E-state index in [9.17, 15) is 4.79 Å². The van der Waals surface area contributed by atoms with Crippen LogP contribution >= 0.6 is 11.3 Å². The molecule has 2 aromatic heterocycles. The van der Waals surface area contributed by atoms with Crippen LogP contribution in [0.25, 0.3) is 31.7 Å². The lowest BCUT2D eigenvalue weighted by Gasteiger charge is -2.15. The van der Waals surface area contributed by atoms with E-state index in [-0.39, 0.29) is 5.43 Å². The molecule has 0 radical (unpaired) electrons. The van der Waals surface area contributed by atoms with Gasteiger partial charge in [-0.2, -0.15) is 0 Å². The maximum absolute atomic E-state index is 13.2. The lowest BCUT2D eigenvalue weighted by molar-refractivity contribution is 0.388.